The van der Waals surface area contributed by atoms with Crippen LogP contribution in [0.1, 0.15) is 36.9 Å². The van der Waals surface area contributed by atoms with Crippen molar-refractivity contribution in [2.24, 2.45) is 5.73 Å². The quantitative estimate of drug-likeness (QED) is 0.908. The highest BCUT2D eigenvalue weighted by Gasteiger charge is 2.34. The number of hydrogen-bond acceptors (Lipinski definition) is 2. The van der Waals surface area contributed by atoms with Gasteiger partial charge in [0.25, 0.3) is 0 Å². The number of rotatable bonds is 4. The SMILES string of the molecule is CCC[C@H](N)c1ccc(OC)cc1C(F)(F)F.Cl. The molecule has 0 radical (unpaired) electrons. The first kappa shape index (κ1) is 17.1. The van der Waals surface area contributed by atoms with Crippen molar-refractivity contribution >= 4 is 12.4 Å². The summed E-state index contributed by atoms with van der Waals surface area (Å²) in [5.74, 6) is 0.185. The summed E-state index contributed by atoms with van der Waals surface area (Å²) in [6, 6.07) is 3.29. The molecule has 0 aliphatic heterocycles. The highest BCUT2D eigenvalue weighted by atomic mass is 35.5. The van der Waals surface area contributed by atoms with E-state index in [2.05, 4.69) is 0 Å². The van der Waals surface area contributed by atoms with E-state index in [1.165, 1.54) is 19.2 Å². The minimum absolute atomic E-state index is 0. The van der Waals surface area contributed by atoms with Crippen molar-refractivity contribution in [1.29, 1.82) is 0 Å². The molecule has 0 unspecified atom stereocenters. The Kier molecular flexibility index (Phi) is 6.49. The Hall–Kier alpha value is -0.940. The third-order valence-electron chi connectivity index (χ3n) is 2.57. The molecule has 1 atom stereocenters. The van der Waals surface area contributed by atoms with E-state index in [9.17, 15) is 13.2 Å². The Bertz CT molecular complexity index is 382. The summed E-state index contributed by atoms with van der Waals surface area (Å²) >= 11 is 0. The van der Waals surface area contributed by atoms with Crippen LogP contribution in [0.5, 0.6) is 5.75 Å². The number of benzene rings is 1. The van der Waals surface area contributed by atoms with Crippen LogP contribution in [-0.2, 0) is 6.18 Å². The average molecular weight is 284 g/mol. The topological polar surface area (TPSA) is 35.2 Å². The summed E-state index contributed by atoms with van der Waals surface area (Å²) in [6.07, 6.45) is -3.14. The van der Waals surface area contributed by atoms with Crippen LogP contribution in [0.2, 0.25) is 0 Å². The van der Waals surface area contributed by atoms with Gasteiger partial charge in [-0.3, -0.25) is 0 Å². The van der Waals surface area contributed by atoms with Crippen LogP contribution >= 0.6 is 12.4 Å². The zero-order valence-electron chi connectivity index (χ0n) is 10.3. The molecule has 6 heteroatoms. The summed E-state index contributed by atoms with van der Waals surface area (Å²) in [4.78, 5) is 0. The van der Waals surface area contributed by atoms with Gasteiger partial charge in [0.1, 0.15) is 5.75 Å². The van der Waals surface area contributed by atoms with Gasteiger partial charge < -0.3 is 10.5 Å². The fraction of sp³-hybridized carbons (Fsp3) is 0.500. The number of nitrogens with two attached hydrogens (primary N) is 1. The second-order valence-corrected chi connectivity index (χ2v) is 3.85. The molecule has 0 saturated carbocycles. The van der Waals surface area contributed by atoms with Gasteiger partial charge in [-0.25, -0.2) is 0 Å². The predicted octanol–water partition coefficient (Wildman–Crippen LogP) is 3.94. The monoisotopic (exact) mass is 283 g/mol. The third-order valence-corrected chi connectivity index (χ3v) is 2.57. The van der Waals surface area contributed by atoms with E-state index in [0.717, 1.165) is 12.5 Å². The lowest BCUT2D eigenvalue weighted by Crippen LogP contribution is -2.17. The Morgan fingerprint density at radius 2 is 1.94 bits per heavy atom. The second-order valence-electron chi connectivity index (χ2n) is 3.85. The maximum Gasteiger partial charge on any atom is 0.416 e. The number of ether oxygens (including phenoxy) is 1. The van der Waals surface area contributed by atoms with Crippen LogP contribution in [0.15, 0.2) is 18.2 Å². The lowest BCUT2D eigenvalue weighted by molar-refractivity contribution is -0.138. The van der Waals surface area contributed by atoms with Gasteiger partial charge in [0.2, 0.25) is 0 Å². The molecule has 0 aliphatic carbocycles. The predicted molar refractivity (Wildman–Crippen MR) is 67.1 cm³/mol. The van der Waals surface area contributed by atoms with Gasteiger partial charge in [-0.05, 0) is 24.1 Å². The largest absolute Gasteiger partial charge is 0.497 e. The van der Waals surface area contributed by atoms with Crippen LogP contribution in [-0.4, -0.2) is 7.11 Å². The normalized spacial score (nSPS) is 12.8. The molecule has 0 amide bonds. The zero-order chi connectivity index (χ0) is 13.1. The fourth-order valence-electron chi connectivity index (χ4n) is 1.70. The lowest BCUT2D eigenvalue weighted by atomic mass is 9.97. The Labute approximate surface area is 111 Å². The summed E-state index contributed by atoms with van der Waals surface area (Å²) in [7, 11) is 1.33. The van der Waals surface area contributed by atoms with Crippen molar-refractivity contribution in [3.05, 3.63) is 29.3 Å². The van der Waals surface area contributed by atoms with Gasteiger partial charge in [0.15, 0.2) is 0 Å². The molecule has 1 aromatic carbocycles. The molecule has 18 heavy (non-hydrogen) atoms. The van der Waals surface area contributed by atoms with Crippen LogP contribution in [0.3, 0.4) is 0 Å². The van der Waals surface area contributed by atoms with Gasteiger partial charge in [-0.2, -0.15) is 13.2 Å². The minimum atomic E-state index is -4.41. The van der Waals surface area contributed by atoms with Gasteiger partial charge >= 0.3 is 6.18 Å². The van der Waals surface area contributed by atoms with Crippen LogP contribution in [0.25, 0.3) is 0 Å². The molecular formula is C12H17ClF3NO. The highest BCUT2D eigenvalue weighted by Crippen LogP contribution is 2.37. The molecule has 0 aromatic heterocycles. The summed E-state index contributed by atoms with van der Waals surface area (Å²) in [5.41, 5.74) is 5.17. The van der Waals surface area contributed by atoms with Crippen molar-refractivity contribution in [3.8, 4) is 5.75 Å². The van der Waals surface area contributed by atoms with Crippen molar-refractivity contribution in [2.75, 3.05) is 7.11 Å². The minimum Gasteiger partial charge on any atom is -0.497 e. The molecule has 104 valence electrons. The van der Waals surface area contributed by atoms with Crippen molar-refractivity contribution < 1.29 is 17.9 Å². The van der Waals surface area contributed by atoms with Crippen LogP contribution in [0.4, 0.5) is 13.2 Å². The molecule has 0 spiro atoms. The number of hydrogen-bond donors (Lipinski definition) is 1. The van der Waals surface area contributed by atoms with Gasteiger partial charge in [0, 0.05) is 6.04 Å². The average Bonchev–Trinajstić information content (AvgIpc) is 2.27. The van der Waals surface area contributed by atoms with E-state index >= 15 is 0 Å². The van der Waals surface area contributed by atoms with E-state index in [-0.39, 0.29) is 23.7 Å². The molecule has 0 aliphatic rings. The lowest BCUT2D eigenvalue weighted by Gasteiger charge is -2.18. The van der Waals surface area contributed by atoms with Crippen molar-refractivity contribution in [3.63, 3.8) is 0 Å². The zero-order valence-corrected chi connectivity index (χ0v) is 11.1. The molecule has 1 aromatic rings. The maximum atomic E-state index is 12.9. The van der Waals surface area contributed by atoms with Crippen molar-refractivity contribution in [1.82, 2.24) is 0 Å². The van der Waals surface area contributed by atoms with Gasteiger partial charge in [-0.1, -0.05) is 19.4 Å². The van der Waals surface area contributed by atoms with E-state index in [1.54, 1.807) is 0 Å². The van der Waals surface area contributed by atoms with Gasteiger partial charge in [-0.15, -0.1) is 12.4 Å². The maximum absolute atomic E-state index is 12.9. The smallest absolute Gasteiger partial charge is 0.416 e. The standard InChI is InChI=1S/C12H16F3NO.ClH/c1-3-4-11(16)9-6-5-8(17-2)7-10(9)12(13,14)15;/h5-7,11H,3-4,16H2,1-2H3;1H/t11-;/m0./s1. The summed E-state index contributed by atoms with van der Waals surface area (Å²) in [5, 5.41) is 0. The summed E-state index contributed by atoms with van der Waals surface area (Å²) < 4.78 is 43.4. The summed E-state index contributed by atoms with van der Waals surface area (Å²) in [6.45, 7) is 1.89. The van der Waals surface area contributed by atoms with Crippen molar-refractivity contribution in [2.45, 2.75) is 32.0 Å². The molecule has 0 bridgehead atoms. The Balaban J connectivity index is 0.00000289. The molecular weight excluding hydrogens is 267 g/mol. The first-order valence-corrected chi connectivity index (χ1v) is 5.40. The van der Waals surface area contributed by atoms with E-state index < -0.39 is 17.8 Å². The van der Waals surface area contributed by atoms with Crippen LogP contribution in [0, 0.1) is 0 Å². The molecule has 0 saturated heterocycles. The van der Waals surface area contributed by atoms with E-state index in [4.69, 9.17) is 10.5 Å². The third kappa shape index (κ3) is 4.07. The fourth-order valence-corrected chi connectivity index (χ4v) is 1.70. The first-order valence-electron chi connectivity index (χ1n) is 5.40. The highest BCUT2D eigenvalue weighted by molar-refractivity contribution is 5.85. The molecule has 0 heterocycles. The number of alkyl halides is 3. The Morgan fingerprint density at radius 3 is 2.39 bits per heavy atom. The van der Waals surface area contributed by atoms with Gasteiger partial charge in [0.05, 0.1) is 12.7 Å². The molecule has 1 rings (SSSR count). The van der Waals surface area contributed by atoms with E-state index in [1.807, 2.05) is 6.92 Å². The molecule has 0 fully saturated rings. The Morgan fingerprint density at radius 1 is 1.33 bits per heavy atom. The van der Waals surface area contributed by atoms with Crippen LogP contribution < -0.4 is 10.5 Å². The molecule has 2 nitrogen and oxygen atoms in total. The second kappa shape index (κ2) is 6.85. The van der Waals surface area contributed by atoms with E-state index in [0.29, 0.717) is 6.42 Å². The first-order chi connectivity index (χ1) is 7.90. The number of methoxy groups -OCH3 is 1. The molecule has 2 N–H and O–H groups in total. The number of halogens is 4.